The average molecular weight is 572 g/mol. The minimum absolute atomic E-state index is 0. The maximum Gasteiger partial charge on any atom is 1.00 e. The van der Waals surface area contributed by atoms with Gasteiger partial charge in [0.2, 0.25) is 0 Å². The Hall–Kier alpha value is -2.92. The molecule has 1 heterocycles. The molecular formula is C31H31ClLiNO5S. The number of thioether (sulfide) groups is 1. The number of hydrogen-bond acceptors (Lipinski definition) is 5. The first kappa shape index (κ1) is 31.6. The molecule has 9 heteroatoms. The maximum absolute atomic E-state index is 13.3. The number of carbonyl (C=O) groups is 2. The zero-order chi connectivity index (χ0) is 27.8. The molecule has 2 N–H and O–H groups in total. The van der Waals surface area contributed by atoms with Crippen LogP contribution in [0.15, 0.2) is 83.5 Å². The largest absolute Gasteiger partial charge is 1.00 e. The molecule has 0 aliphatic heterocycles. The van der Waals surface area contributed by atoms with Crippen molar-refractivity contribution in [2.45, 2.75) is 32.6 Å². The van der Waals surface area contributed by atoms with Gasteiger partial charge >= 0.3 is 24.8 Å². The average Bonchev–Trinajstić information content (AvgIpc) is 3.40. The molecule has 6 nitrogen and oxygen atoms in total. The number of rotatable bonds is 12. The van der Waals surface area contributed by atoms with E-state index in [2.05, 4.69) is 5.32 Å². The van der Waals surface area contributed by atoms with Crippen LogP contribution in [0.25, 0.3) is 22.3 Å². The number of amides is 1. The first-order chi connectivity index (χ1) is 18.9. The van der Waals surface area contributed by atoms with Crippen LogP contribution in [0.4, 0.5) is 0 Å². The van der Waals surface area contributed by atoms with Gasteiger partial charge < -0.3 is 21.0 Å². The topological polar surface area (TPSA) is 88.8 Å². The van der Waals surface area contributed by atoms with Gasteiger partial charge in [0.05, 0.1) is 12.9 Å². The van der Waals surface area contributed by atoms with Crippen molar-refractivity contribution in [1.82, 2.24) is 5.32 Å². The van der Waals surface area contributed by atoms with Crippen molar-refractivity contribution < 1.29 is 44.1 Å². The van der Waals surface area contributed by atoms with Gasteiger partial charge in [-0.1, -0.05) is 54.1 Å². The Balaban J connectivity index is 0.00000294. The van der Waals surface area contributed by atoms with Gasteiger partial charge in [-0.3, -0.25) is 4.79 Å². The van der Waals surface area contributed by atoms with Gasteiger partial charge in [-0.15, -0.1) is 0 Å². The van der Waals surface area contributed by atoms with Crippen LogP contribution in [0.2, 0.25) is 5.02 Å². The Labute approximate surface area is 257 Å². The maximum atomic E-state index is 13.3. The molecule has 4 rings (SSSR count). The summed E-state index contributed by atoms with van der Waals surface area (Å²) in [5, 5.41) is 13.0. The summed E-state index contributed by atoms with van der Waals surface area (Å²) < 4.78 is 11.7. The van der Waals surface area contributed by atoms with Gasteiger partial charge in [0.15, 0.2) is 0 Å². The quantitative estimate of drug-likeness (QED) is 0.246. The van der Waals surface area contributed by atoms with Crippen LogP contribution in [-0.4, -0.2) is 35.0 Å². The van der Waals surface area contributed by atoms with Crippen LogP contribution in [0.1, 0.15) is 35.1 Å². The molecule has 1 atom stereocenters. The van der Waals surface area contributed by atoms with Crippen molar-refractivity contribution in [2.75, 3.05) is 12.0 Å². The third-order valence-electron chi connectivity index (χ3n) is 6.38. The van der Waals surface area contributed by atoms with E-state index < -0.39 is 17.9 Å². The molecule has 1 aromatic heterocycles. The second-order valence-electron chi connectivity index (χ2n) is 9.10. The number of ether oxygens (including phenoxy) is 1. The second-order valence-corrected chi connectivity index (χ2v) is 10.5. The zero-order valence-electron chi connectivity index (χ0n) is 23.8. The summed E-state index contributed by atoms with van der Waals surface area (Å²) in [6.45, 7) is 2.55. The van der Waals surface area contributed by atoms with E-state index in [9.17, 15) is 14.7 Å². The first-order valence-corrected chi connectivity index (χ1v) is 14.3. The number of aliphatic carboxylic acids is 1. The van der Waals surface area contributed by atoms with E-state index in [0.29, 0.717) is 35.1 Å². The van der Waals surface area contributed by atoms with Gasteiger partial charge in [0.25, 0.3) is 5.91 Å². The van der Waals surface area contributed by atoms with Crippen molar-refractivity contribution >= 4 is 35.2 Å². The van der Waals surface area contributed by atoms with Crippen LogP contribution in [0.3, 0.4) is 0 Å². The zero-order valence-corrected chi connectivity index (χ0v) is 24.4. The molecule has 0 radical (unpaired) electrons. The van der Waals surface area contributed by atoms with Crippen molar-refractivity contribution in [2.24, 2.45) is 0 Å². The standard InChI is InChI=1S/C31H30ClNO5S.Li.H/c1-20-5-3-4-6-24(20)27-17-21(7-12-26(27)30(34)33-28(31(35)36)14-16-39-2)18-37-19-29-25(13-15-38-29)22-8-10-23(32)11-9-22;;/h3-13,15,17,28H,14,16,18-19H2,1-2H3,(H,33,34)(H,35,36);;/q;+1;-1. The summed E-state index contributed by atoms with van der Waals surface area (Å²) in [6.07, 6.45) is 3.89. The number of aryl methyl sites for hydroxylation is 1. The molecule has 0 spiro atoms. The number of carbonyl (C=O) groups excluding carboxylic acids is 1. The third kappa shape index (κ3) is 8.06. The molecule has 0 aliphatic carbocycles. The van der Waals surface area contributed by atoms with E-state index in [1.807, 2.05) is 79.9 Å². The number of benzene rings is 3. The second kappa shape index (κ2) is 15.2. The normalized spacial score (nSPS) is 11.5. The molecular weight excluding hydrogens is 541 g/mol. The number of furan rings is 1. The fourth-order valence-corrected chi connectivity index (χ4v) is 4.90. The summed E-state index contributed by atoms with van der Waals surface area (Å²) in [5.41, 5.74) is 5.85. The van der Waals surface area contributed by atoms with E-state index >= 15 is 0 Å². The Kier molecular flexibility index (Phi) is 12.0. The molecule has 40 heavy (non-hydrogen) atoms. The van der Waals surface area contributed by atoms with E-state index in [4.69, 9.17) is 20.8 Å². The van der Waals surface area contributed by atoms with Crippen molar-refractivity contribution in [3.8, 4) is 22.3 Å². The molecule has 204 valence electrons. The molecule has 3 aromatic carbocycles. The minimum atomic E-state index is -1.05. The van der Waals surface area contributed by atoms with Gasteiger partial charge in [0.1, 0.15) is 18.4 Å². The van der Waals surface area contributed by atoms with E-state index in [-0.39, 0.29) is 26.9 Å². The van der Waals surface area contributed by atoms with E-state index in [1.165, 1.54) is 0 Å². The van der Waals surface area contributed by atoms with Crippen LogP contribution in [0.5, 0.6) is 0 Å². The van der Waals surface area contributed by atoms with Crippen molar-refractivity contribution in [1.29, 1.82) is 0 Å². The monoisotopic (exact) mass is 571 g/mol. The fourth-order valence-electron chi connectivity index (χ4n) is 4.31. The predicted molar refractivity (Wildman–Crippen MR) is 157 cm³/mol. The molecule has 0 saturated heterocycles. The Morgan fingerprint density at radius 2 is 1.77 bits per heavy atom. The molecule has 4 aromatic rings. The van der Waals surface area contributed by atoms with Gasteiger partial charge in [-0.25, -0.2) is 4.79 Å². The number of halogens is 1. The van der Waals surface area contributed by atoms with E-state index in [0.717, 1.165) is 33.4 Å². The summed E-state index contributed by atoms with van der Waals surface area (Å²) in [7, 11) is 0. The first-order valence-electron chi connectivity index (χ1n) is 12.5. The molecule has 1 amide bonds. The van der Waals surface area contributed by atoms with E-state index in [1.54, 1.807) is 24.1 Å². The summed E-state index contributed by atoms with van der Waals surface area (Å²) in [6, 6.07) is 21.8. The number of nitrogens with one attached hydrogen (secondary N) is 1. The Morgan fingerprint density at radius 1 is 1.02 bits per heavy atom. The molecule has 0 saturated carbocycles. The van der Waals surface area contributed by atoms with Gasteiger partial charge in [0, 0.05) is 16.1 Å². The van der Waals surface area contributed by atoms with Crippen molar-refractivity contribution in [3.63, 3.8) is 0 Å². The van der Waals surface area contributed by atoms with Crippen LogP contribution >= 0.6 is 23.4 Å². The number of hydrogen-bond donors (Lipinski definition) is 2. The summed E-state index contributed by atoms with van der Waals surface area (Å²) in [5.74, 6) is -0.126. The Bertz CT molecular complexity index is 1450. The summed E-state index contributed by atoms with van der Waals surface area (Å²) >= 11 is 7.56. The number of carboxylic acid groups (broad SMARTS) is 1. The SMILES string of the molecule is CSCCC(NC(=O)c1ccc(COCc2occc2-c2ccc(Cl)cc2)cc1-c1ccccc1C)C(=O)O.[H-].[Li+]. The smallest absolute Gasteiger partial charge is 1.00 e. The number of carboxylic acids is 1. The minimum Gasteiger partial charge on any atom is -1.00 e. The van der Waals surface area contributed by atoms with Crippen molar-refractivity contribution in [3.05, 3.63) is 107 Å². The third-order valence-corrected chi connectivity index (χ3v) is 7.28. The van der Waals surface area contributed by atoms with Crippen LogP contribution in [0, 0.1) is 6.92 Å². The Morgan fingerprint density at radius 3 is 2.48 bits per heavy atom. The summed E-state index contributed by atoms with van der Waals surface area (Å²) in [4.78, 5) is 25.0. The molecule has 0 aliphatic rings. The predicted octanol–water partition coefficient (Wildman–Crippen LogP) is 4.34. The van der Waals surface area contributed by atoms with Crippen LogP contribution in [-0.2, 0) is 22.7 Å². The molecule has 0 bridgehead atoms. The van der Waals surface area contributed by atoms with Gasteiger partial charge in [-0.05, 0) is 83.5 Å². The fraction of sp³-hybridized carbons (Fsp3) is 0.226. The van der Waals surface area contributed by atoms with Crippen LogP contribution < -0.4 is 24.2 Å². The van der Waals surface area contributed by atoms with Gasteiger partial charge in [-0.2, -0.15) is 11.8 Å². The molecule has 1 unspecified atom stereocenters. The molecule has 0 fully saturated rings.